The molecule has 1 rings (SSSR count). The summed E-state index contributed by atoms with van der Waals surface area (Å²) in [6.07, 6.45) is 1.35. The van der Waals surface area contributed by atoms with Crippen LogP contribution >= 0.6 is 0 Å². The Labute approximate surface area is 136 Å². The highest BCUT2D eigenvalue weighted by Gasteiger charge is 2.11. The Bertz CT molecular complexity index is 402. The summed E-state index contributed by atoms with van der Waals surface area (Å²) in [6.45, 7) is 13.4. The van der Waals surface area contributed by atoms with Gasteiger partial charge in [0.1, 0.15) is 5.75 Å². The molecule has 1 aromatic rings. The molecule has 0 spiro atoms. The van der Waals surface area contributed by atoms with Crippen LogP contribution in [0.1, 0.15) is 39.7 Å². The second-order valence-electron chi connectivity index (χ2n) is 6.60. The molecule has 0 aliphatic heterocycles. The maximum Gasteiger partial charge on any atom is 0.119 e. The van der Waals surface area contributed by atoms with Gasteiger partial charge < -0.3 is 14.4 Å². The first kappa shape index (κ1) is 19.0. The number of hydrogen-bond donors (Lipinski definition) is 0. The summed E-state index contributed by atoms with van der Waals surface area (Å²) in [7, 11) is 2.15. The van der Waals surface area contributed by atoms with E-state index in [-0.39, 0.29) is 0 Å². The van der Waals surface area contributed by atoms with E-state index in [4.69, 9.17) is 9.47 Å². The Morgan fingerprint density at radius 2 is 1.64 bits per heavy atom. The molecule has 0 saturated heterocycles. The number of aryl methyl sites for hydroxylation is 1. The second-order valence-corrected chi connectivity index (χ2v) is 6.60. The summed E-state index contributed by atoms with van der Waals surface area (Å²) in [5, 5.41) is 0. The SMILES string of the molecule is Cc1ccc(OCC[C@H](C)N(C)CCO[C@H](C)C(C)C)cc1. The van der Waals surface area contributed by atoms with Crippen molar-refractivity contribution in [3.8, 4) is 5.75 Å². The van der Waals surface area contributed by atoms with Crippen LogP contribution in [0.3, 0.4) is 0 Å². The van der Waals surface area contributed by atoms with Crippen molar-refractivity contribution in [2.75, 3.05) is 26.8 Å². The van der Waals surface area contributed by atoms with Crippen LogP contribution in [0.4, 0.5) is 0 Å². The summed E-state index contributed by atoms with van der Waals surface area (Å²) < 4.78 is 11.6. The molecule has 3 heteroatoms. The van der Waals surface area contributed by atoms with Crippen molar-refractivity contribution in [1.29, 1.82) is 0 Å². The zero-order valence-electron chi connectivity index (χ0n) is 15.1. The van der Waals surface area contributed by atoms with E-state index < -0.39 is 0 Å². The Morgan fingerprint density at radius 1 is 1.00 bits per heavy atom. The molecule has 3 nitrogen and oxygen atoms in total. The lowest BCUT2D eigenvalue weighted by Crippen LogP contribution is -2.34. The van der Waals surface area contributed by atoms with Gasteiger partial charge in [-0.1, -0.05) is 31.5 Å². The molecule has 0 bridgehead atoms. The fraction of sp³-hybridized carbons (Fsp3) is 0.684. The van der Waals surface area contributed by atoms with Crippen LogP contribution in [0.5, 0.6) is 5.75 Å². The summed E-state index contributed by atoms with van der Waals surface area (Å²) >= 11 is 0. The Kier molecular flexibility index (Phi) is 8.51. The lowest BCUT2D eigenvalue weighted by Gasteiger charge is -2.26. The van der Waals surface area contributed by atoms with E-state index in [0.717, 1.165) is 31.9 Å². The number of nitrogens with zero attached hydrogens (tertiary/aromatic N) is 1. The van der Waals surface area contributed by atoms with Crippen molar-refractivity contribution in [3.05, 3.63) is 29.8 Å². The maximum atomic E-state index is 5.84. The van der Waals surface area contributed by atoms with E-state index in [2.05, 4.69) is 58.7 Å². The Balaban J connectivity index is 2.18. The average molecular weight is 307 g/mol. The van der Waals surface area contributed by atoms with Gasteiger partial charge in [0.15, 0.2) is 0 Å². The number of rotatable bonds is 10. The van der Waals surface area contributed by atoms with Crippen LogP contribution in [0, 0.1) is 12.8 Å². The van der Waals surface area contributed by atoms with Crippen molar-refractivity contribution in [3.63, 3.8) is 0 Å². The highest BCUT2D eigenvalue weighted by Crippen LogP contribution is 2.12. The summed E-state index contributed by atoms with van der Waals surface area (Å²) in [5.41, 5.74) is 1.26. The quantitative estimate of drug-likeness (QED) is 0.648. The largest absolute Gasteiger partial charge is 0.494 e. The first-order valence-electron chi connectivity index (χ1n) is 8.41. The minimum atomic E-state index is 0.327. The van der Waals surface area contributed by atoms with Crippen molar-refractivity contribution in [1.82, 2.24) is 4.90 Å². The van der Waals surface area contributed by atoms with Crippen LogP contribution in [-0.2, 0) is 4.74 Å². The normalized spacial score (nSPS) is 14.4. The molecule has 0 saturated carbocycles. The molecule has 0 aromatic heterocycles. The van der Waals surface area contributed by atoms with Gasteiger partial charge in [-0.05, 0) is 52.3 Å². The van der Waals surface area contributed by atoms with Gasteiger partial charge in [0.2, 0.25) is 0 Å². The van der Waals surface area contributed by atoms with Gasteiger partial charge >= 0.3 is 0 Å². The van der Waals surface area contributed by atoms with Crippen LogP contribution in [0.2, 0.25) is 0 Å². The monoisotopic (exact) mass is 307 g/mol. The predicted molar refractivity (Wildman–Crippen MR) is 93.6 cm³/mol. The topological polar surface area (TPSA) is 21.7 Å². The summed E-state index contributed by atoms with van der Waals surface area (Å²) in [4.78, 5) is 2.34. The standard InChI is InChI=1S/C19H33NO2/c1-15(2)18(5)21-14-12-20(6)17(4)11-13-22-19-9-7-16(3)8-10-19/h7-10,15,17-18H,11-14H2,1-6H3/t17-,18+/m0/s1. The van der Waals surface area contributed by atoms with Gasteiger partial charge in [-0.3, -0.25) is 0 Å². The molecule has 22 heavy (non-hydrogen) atoms. The van der Waals surface area contributed by atoms with E-state index in [0.29, 0.717) is 18.1 Å². The van der Waals surface area contributed by atoms with Crippen LogP contribution in [0.15, 0.2) is 24.3 Å². The molecule has 0 heterocycles. The van der Waals surface area contributed by atoms with Gasteiger partial charge in [0, 0.05) is 12.6 Å². The van der Waals surface area contributed by atoms with Gasteiger partial charge in [-0.2, -0.15) is 0 Å². The Hall–Kier alpha value is -1.06. The third-order valence-corrected chi connectivity index (χ3v) is 4.34. The van der Waals surface area contributed by atoms with Crippen molar-refractivity contribution < 1.29 is 9.47 Å². The highest BCUT2D eigenvalue weighted by molar-refractivity contribution is 5.26. The minimum Gasteiger partial charge on any atom is -0.494 e. The minimum absolute atomic E-state index is 0.327. The fourth-order valence-electron chi connectivity index (χ4n) is 2.00. The predicted octanol–water partition coefficient (Wildman–Crippen LogP) is 4.15. The number of ether oxygens (including phenoxy) is 2. The molecule has 1 aromatic carbocycles. The molecule has 0 aliphatic carbocycles. The lowest BCUT2D eigenvalue weighted by molar-refractivity contribution is 0.0200. The molecular weight excluding hydrogens is 274 g/mol. The number of likely N-dealkylation sites (N-methyl/N-ethyl adjacent to an activating group) is 1. The summed E-state index contributed by atoms with van der Waals surface area (Å²) in [6, 6.07) is 8.72. The maximum absolute atomic E-state index is 5.84. The smallest absolute Gasteiger partial charge is 0.119 e. The van der Waals surface area contributed by atoms with Gasteiger partial charge in [-0.25, -0.2) is 0 Å². The van der Waals surface area contributed by atoms with Crippen molar-refractivity contribution in [2.45, 2.75) is 53.2 Å². The van der Waals surface area contributed by atoms with Gasteiger partial charge in [0.05, 0.1) is 19.3 Å². The van der Waals surface area contributed by atoms with E-state index >= 15 is 0 Å². The molecule has 2 atom stereocenters. The first-order valence-corrected chi connectivity index (χ1v) is 8.41. The molecule has 0 radical (unpaired) electrons. The van der Waals surface area contributed by atoms with E-state index in [1.165, 1.54) is 5.56 Å². The van der Waals surface area contributed by atoms with Crippen LogP contribution in [-0.4, -0.2) is 43.9 Å². The fourth-order valence-corrected chi connectivity index (χ4v) is 2.00. The molecule has 0 aliphatic rings. The summed E-state index contributed by atoms with van der Waals surface area (Å²) in [5.74, 6) is 1.53. The van der Waals surface area contributed by atoms with Gasteiger partial charge in [0.25, 0.3) is 0 Å². The first-order chi connectivity index (χ1) is 10.4. The third-order valence-electron chi connectivity index (χ3n) is 4.34. The van der Waals surface area contributed by atoms with Crippen molar-refractivity contribution in [2.24, 2.45) is 5.92 Å². The molecule has 0 amide bonds. The zero-order chi connectivity index (χ0) is 16.5. The molecular formula is C19H33NO2. The number of benzene rings is 1. The number of hydrogen-bond acceptors (Lipinski definition) is 3. The second kappa shape index (κ2) is 9.86. The van der Waals surface area contributed by atoms with Crippen molar-refractivity contribution >= 4 is 0 Å². The zero-order valence-corrected chi connectivity index (χ0v) is 15.1. The van der Waals surface area contributed by atoms with E-state index in [1.807, 2.05) is 12.1 Å². The third kappa shape index (κ3) is 7.28. The molecule has 126 valence electrons. The van der Waals surface area contributed by atoms with E-state index in [1.54, 1.807) is 0 Å². The van der Waals surface area contributed by atoms with E-state index in [9.17, 15) is 0 Å². The molecule has 0 N–H and O–H groups in total. The lowest BCUT2D eigenvalue weighted by atomic mass is 10.1. The van der Waals surface area contributed by atoms with Gasteiger partial charge in [-0.15, -0.1) is 0 Å². The average Bonchev–Trinajstić information content (AvgIpc) is 2.48. The van der Waals surface area contributed by atoms with Crippen LogP contribution < -0.4 is 4.74 Å². The Morgan fingerprint density at radius 3 is 2.23 bits per heavy atom. The molecule has 0 unspecified atom stereocenters. The van der Waals surface area contributed by atoms with Crippen LogP contribution in [0.25, 0.3) is 0 Å². The molecule has 0 fully saturated rings. The highest BCUT2D eigenvalue weighted by atomic mass is 16.5.